The van der Waals surface area contributed by atoms with E-state index in [4.69, 9.17) is 4.74 Å². The molecule has 7 nitrogen and oxygen atoms in total. The third-order valence-corrected chi connectivity index (χ3v) is 5.13. The first-order chi connectivity index (χ1) is 14.0. The van der Waals surface area contributed by atoms with E-state index in [9.17, 15) is 9.59 Å². The summed E-state index contributed by atoms with van der Waals surface area (Å²) in [4.78, 5) is 25.2. The zero-order chi connectivity index (χ0) is 20.8. The quantitative estimate of drug-likeness (QED) is 0.621. The number of benzene rings is 2. The molecule has 0 saturated heterocycles. The summed E-state index contributed by atoms with van der Waals surface area (Å²) in [6, 6.07) is 15.5. The van der Waals surface area contributed by atoms with Gasteiger partial charge in [-0.2, -0.15) is 0 Å². The Labute approximate surface area is 173 Å². The molecule has 0 aliphatic carbocycles. The Hall–Kier alpha value is -3.26. The van der Waals surface area contributed by atoms with Crippen molar-refractivity contribution in [3.05, 3.63) is 60.2 Å². The number of nitrogens with one attached hydrogen (secondary N) is 2. The van der Waals surface area contributed by atoms with Crippen molar-refractivity contribution in [2.75, 3.05) is 12.4 Å². The number of hydrogen-bond acceptors (Lipinski definition) is 6. The van der Waals surface area contributed by atoms with Gasteiger partial charge in [0, 0.05) is 11.1 Å². The van der Waals surface area contributed by atoms with Crippen molar-refractivity contribution in [1.82, 2.24) is 15.5 Å². The molecule has 0 bridgehead atoms. The van der Waals surface area contributed by atoms with E-state index in [2.05, 4.69) is 20.8 Å². The van der Waals surface area contributed by atoms with E-state index in [1.807, 2.05) is 44.2 Å². The number of nitrogens with zero attached hydrogens (tertiary/aromatic N) is 2. The van der Waals surface area contributed by atoms with Crippen LogP contribution in [0.5, 0.6) is 5.75 Å². The molecule has 0 radical (unpaired) electrons. The van der Waals surface area contributed by atoms with E-state index in [0.29, 0.717) is 21.5 Å². The zero-order valence-electron chi connectivity index (χ0n) is 16.4. The minimum atomic E-state index is -0.702. The van der Waals surface area contributed by atoms with Crippen LogP contribution in [0.1, 0.15) is 24.2 Å². The van der Waals surface area contributed by atoms with Crippen molar-refractivity contribution in [2.45, 2.75) is 19.9 Å². The number of amides is 2. The first-order valence-electron chi connectivity index (χ1n) is 9.12. The van der Waals surface area contributed by atoms with Crippen molar-refractivity contribution in [3.8, 4) is 16.3 Å². The third-order valence-electron chi connectivity index (χ3n) is 4.24. The smallest absolute Gasteiger partial charge is 0.251 e. The van der Waals surface area contributed by atoms with Crippen LogP contribution in [0.3, 0.4) is 0 Å². The first-order valence-corrected chi connectivity index (χ1v) is 9.94. The van der Waals surface area contributed by atoms with E-state index in [0.717, 1.165) is 5.56 Å². The average molecular weight is 410 g/mol. The lowest BCUT2D eigenvalue weighted by molar-refractivity contribution is -0.118. The van der Waals surface area contributed by atoms with E-state index in [1.54, 1.807) is 31.4 Å². The fourth-order valence-corrected chi connectivity index (χ4v) is 3.42. The van der Waals surface area contributed by atoms with Gasteiger partial charge in [0.2, 0.25) is 11.0 Å². The maximum absolute atomic E-state index is 12.8. The molecular formula is C21H22N4O3S. The molecule has 2 amide bonds. The second kappa shape index (κ2) is 9.29. The normalized spacial score (nSPS) is 11.7. The number of carbonyl (C=O) groups excluding carboxylic acids is 2. The average Bonchev–Trinajstić information content (AvgIpc) is 3.20. The number of methoxy groups -OCH3 is 1. The lowest BCUT2D eigenvalue weighted by atomic mass is 10.0. The molecule has 2 aromatic carbocycles. The second-order valence-corrected chi connectivity index (χ2v) is 7.67. The summed E-state index contributed by atoms with van der Waals surface area (Å²) in [5, 5.41) is 14.8. The molecule has 1 atom stereocenters. The first kappa shape index (κ1) is 20.5. The fraction of sp³-hybridized carbons (Fsp3) is 0.238. The SMILES string of the molecule is COc1cccc(-c2nnc(NC(=O)C(NC(=O)c3ccccc3)C(C)C)s2)c1. The monoisotopic (exact) mass is 410 g/mol. The van der Waals surface area contributed by atoms with Crippen molar-refractivity contribution >= 4 is 28.3 Å². The summed E-state index contributed by atoms with van der Waals surface area (Å²) >= 11 is 1.26. The van der Waals surface area contributed by atoms with Gasteiger partial charge in [0.05, 0.1) is 7.11 Å². The van der Waals surface area contributed by atoms with Gasteiger partial charge in [-0.15, -0.1) is 10.2 Å². The van der Waals surface area contributed by atoms with E-state index >= 15 is 0 Å². The predicted octanol–water partition coefficient (Wildman–Crippen LogP) is 3.61. The molecule has 2 N–H and O–H groups in total. The minimum absolute atomic E-state index is 0.103. The molecule has 0 saturated carbocycles. The number of ether oxygens (including phenoxy) is 1. The molecule has 0 aliphatic rings. The fourth-order valence-electron chi connectivity index (χ4n) is 2.68. The number of hydrogen-bond donors (Lipinski definition) is 2. The molecule has 3 rings (SSSR count). The highest BCUT2D eigenvalue weighted by Crippen LogP contribution is 2.28. The van der Waals surface area contributed by atoms with Crippen LogP contribution < -0.4 is 15.4 Å². The standard InChI is InChI=1S/C21H22N4O3S/c1-13(2)17(22-18(26)14-8-5-4-6-9-14)19(27)23-21-25-24-20(29-21)15-10-7-11-16(12-15)28-3/h4-13,17H,1-3H3,(H,22,26)(H,23,25,27). The Bertz CT molecular complexity index is 988. The van der Waals surface area contributed by atoms with Crippen molar-refractivity contribution < 1.29 is 14.3 Å². The summed E-state index contributed by atoms with van der Waals surface area (Å²) in [5.74, 6) is -0.0216. The van der Waals surface area contributed by atoms with E-state index < -0.39 is 6.04 Å². The van der Waals surface area contributed by atoms with Crippen LogP contribution in [0.25, 0.3) is 10.6 Å². The van der Waals surface area contributed by atoms with Crippen LogP contribution in [0.4, 0.5) is 5.13 Å². The van der Waals surface area contributed by atoms with Crippen molar-refractivity contribution in [1.29, 1.82) is 0 Å². The van der Waals surface area contributed by atoms with Crippen LogP contribution in [0.2, 0.25) is 0 Å². The van der Waals surface area contributed by atoms with Crippen LogP contribution >= 0.6 is 11.3 Å². The molecule has 0 aliphatic heterocycles. The third kappa shape index (κ3) is 5.17. The summed E-state index contributed by atoms with van der Waals surface area (Å²) in [5.41, 5.74) is 1.35. The number of aromatic nitrogens is 2. The van der Waals surface area contributed by atoms with Crippen LogP contribution in [-0.2, 0) is 4.79 Å². The molecule has 0 fully saturated rings. The maximum Gasteiger partial charge on any atom is 0.251 e. The Morgan fingerprint density at radius 2 is 1.79 bits per heavy atom. The molecule has 150 valence electrons. The van der Waals surface area contributed by atoms with Crippen LogP contribution in [0.15, 0.2) is 54.6 Å². The second-order valence-electron chi connectivity index (χ2n) is 6.69. The van der Waals surface area contributed by atoms with Crippen LogP contribution in [0, 0.1) is 5.92 Å². The van der Waals surface area contributed by atoms with Gasteiger partial charge in [0.25, 0.3) is 5.91 Å². The Morgan fingerprint density at radius 1 is 1.03 bits per heavy atom. The zero-order valence-corrected chi connectivity index (χ0v) is 17.2. The number of anilines is 1. The minimum Gasteiger partial charge on any atom is -0.497 e. The molecule has 1 aromatic heterocycles. The van der Waals surface area contributed by atoms with Gasteiger partial charge in [0.15, 0.2) is 0 Å². The Morgan fingerprint density at radius 3 is 2.48 bits per heavy atom. The largest absolute Gasteiger partial charge is 0.497 e. The van der Waals surface area contributed by atoms with E-state index in [1.165, 1.54) is 11.3 Å². The molecule has 1 heterocycles. The molecule has 29 heavy (non-hydrogen) atoms. The van der Waals surface area contributed by atoms with Gasteiger partial charge in [-0.25, -0.2) is 0 Å². The van der Waals surface area contributed by atoms with Crippen LogP contribution in [-0.4, -0.2) is 35.2 Å². The summed E-state index contributed by atoms with van der Waals surface area (Å²) in [6.45, 7) is 3.74. The number of rotatable bonds is 7. The van der Waals surface area contributed by atoms with Gasteiger partial charge in [-0.1, -0.05) is 55.5 Å². The van der Waals surface area contributed by atoms with Gasteiger partial charge in [-0.05, 0) is 30.2 Å². The number of carbonyl (C=O) groups is 2. The van der Waals surface area contributed by atoms with Gasteiger partial charge in [-0.3, -0.25) is 14.9 Å². The van der Waals surface area contributed by atoms with Gasteiger partial charge in [0.1, 0.15) is 16.8 Å². The molecule has 3 aromatic rings. The molecule has 8 heteroatoms. The summed E-state index contributed by atoms with van der Waals surface area (Å²) in [6.07, 6.45) is 0. The lowest BCUT2D eigenvalue weighted by Crippen LogP contribution is -2.47. The Balaban J connectivity index is 1.70. The summed E-state index contributed by atoms with van der Waals surface area (Å²) in [7, 11) is 1.60. The lowest BCUT2D eigenvalue weighted by Gasteiger charge is -2.21. The molecular weight excluding hydrogens is 388 g/mol. The van der Waals surface area contributed by atoms with Crippen molar-refractivity contribution in [3.63, 3.8) is 0 Å². The van der Waals surface area contributed by atoms with Gasteiger partial charge >= 0.3 is 0 Å². The predicted molar refractivity (Wildman–Crippen MR) is 113 cm³/mol. The maximum atomic E-state index is 12.8. The molecule has 0 spiro atoms. The highest BCUT2D eigenvalue weighted by Gasteiger charge is 2.25. The molecule has 1 unspecified atom stereocenters. The van der Waals surface area contributed by atoms with Crippen molar-refractivity contribution in [2.24, 2.45) is 5.92 Å². The topological polar surface area (TPSA) is 93.2 Å². The Kier molecular flexibility index (Phi) is 6.56. The highest BCUT2D eigenvalue weighted by atomic mass is 32.1. The van der Waals surface area contributed by atoms with E-state index in [-0.39, 0.29) is 17.7 Å². The highest BCUT2D eigenvalue weighted by molar-refractivity contribution is 7.18. The van der Waals surface area contributed by atoms with Gasteiger partial charge < -0.3 is 10.1 Å². The summed E-state index contributed by atoms with van der Waals surface area (Å²) < 4.78 is 5.23.